The number of fused-ring (bicyclic) bond motifs is 1. The molecule has 2 aromatic rings. The molecular weight excluding hydrogens is 309 g/mol. The first kappa shape index (κ1) is 16.1. The summed E-state index contributed by atoms with van der Waals surface area (Å²) in [5.41, 5.74) is 1.19. The summed E-state index contributed by atoms with van der Waals surface area (Å²) in [6, 6.07) is 6.37. The number of pyridine rings is 1. The van der Waals surface area contributed by atoms with Crippen LogP contribution in [-0.2, 0) is 10.2 Å². The van der Waals surface area contributed by atoms with Gasteiger partial charge >= 0.3 is 0 Å². The van der Waals surface area contributed by atoms with Crippen LogP contribution >= 0.6 is 0 Å². The number of carbonyl (C=O) groups is 2. The smallest absolute Gasteiger partial charge is 0.255 e. The molecule has 0 saturated carbocycles. The minimum Gasteiger partial charge on any atom is -0.319 e. The van der Waals surface area contributed by atoms with E-state index in [-0.39, 0.29) is 17.3 Å². The molecule has 1 N–H and O–H groups in total. The van der Waals surface area contributed by atoms with Crippen LogP contribution in [0.15, 0.2) is 30.5 Å². The number of likely N-dealkylation sites (N-methyl/N-ethyl adjacent to an activating group) is 1. The van der Waals surface area contributed by atoms with E-state index in [1.807, 2.05) is 0 Å². The Kier molecular flexibility index (Phi) is 3.63. The number of benzene rings is 1. The second kappa shape index (κ2) is 5.40. The van der Waals surface area contributed by atoms with Crippen molar-refractivity contribution < 1.29 is 14.0 Å². The highest BCUT2D eigenvalue weighted by Crippen LogP contribution is 2.44. The first-order chi connectivity index (χ1) is 11.2. The molecule has 5 nitrogen and oxygen atoms in total. The Labute approximate surface area is 139 Å². The van der Waals surface area contributed by atoms with Crippen molar-refractivity contribution >= 4 is 23.2 Å². The minimum absolute atomic E-state index is 0.0468. The van der Waals surface area contributed by atoms with E-state index in [2.05, 4.69) is 10.3 Å². The lowest BCUT2D eigenvalue weighted by molar-refractivity contribution is -0.121. The van der Waals surface area contributed by atoms with Crippen LogP contribution in [0.25, 0.3) is 0 Å². The topological polar surface area (TPSA) is 62.3 Å². The largest absolute Gasteiger partial charge is 0.319 e. The molecule has 2 amide bonds. The molecule has 0 atom stereocenters. The second-order valence-corrected chi connectivity index (χ2v) is 6.45. The fraction of sp³-hybridized carbons (Fsp3) is 0.278. The van der Waals surface area contributed by atoms with Crippen molar-refractivity contribution in [2.45, 2.75) is 26.2 Å². The van der Waals surface area contributed by atoms with Gasteiger partial charge in [0.15, 0.2) is 5.82 Å². The van der Waals surface area contributed by atoms with E-state index in [9.17, 15) is 14.0 Å². The number of halogens is 1. The Morgan fingerprint density at radius 1 is 1.29 bits per heavy atom. The summed E-state index contributed by atoms with van der Waals surface area (Å²) in [4.78, 5) is 29.9. The molecule has 1 aliphatic heterocycles. The third-order valence-corrected chi connectivity index (χ3v) is 4.37. The van der Waals surface area contributed by atoms with Gasteiger partial charge in [0.2, 0.25) is 5.91 Å². The number of rotatable bonds is 2. The number of hydrogen-bond donors (Lipinski definition) is 1. The molecule has 2 heterocycles. The van der Waals surface area contributed by atoms with Gasteiger partial charge < -0.3 is 10.2 Å². The molecule has 0 saturated heterocycles. The highest BCUT2D eigenvalue weighted by molar-refractivity contribution is 6.09. The fourth-order valence-corrected chi connectivity index (χ4v) is 3.01. The average molecular weight is 327 g/mol. The average Bonchev–Trinajstić information content (AvgIpc) is 2.71. The van der Waals surface area contributed by atoms with Gasteiger partial charge in [0.05, 0.1) is 16.8 Å². The SMILES string of the molecule is Cc1cc(C(=O)Nc2ccc3c(c2F)N(C)C(=O)C3(C)C)ccn1. The molecule has 124 valence electrons. The van der Waals surface area contributed by atoms with Gasteiger partial charge in [0.1, 0.15) is 0 Å². The summed E-state index contributed by atoms with van der Waals surface area (Å²) in [5, 5.41) is 2.57. The van der Waals surface area contributed by atoms with Gasteiger partial charge in [0.25, 0.3) is 5.91 Å². The number of carbonyl (C=O) groups excluding carboxylic acids is 2. The molecule has 0 bridgehead atoms. The van der Waals surface area contributed by atoms with E-state index >= 15 is 0 Å². The molecule has 6 heteroatoms. The van der Waals surface area contributed by atoms with Gasteiger partial charge in [-0.15, -0.1) is 0 Å². The standard InChI is InChI=1S/C18H18FN3O2/c1-10-9-11(7-8-20-10)16(23)21-13-6-5-12-15(14(13)19)22(4)17(24)18(12,2)3/h5-9H,1-4H3,(H,21,23). The zero-order valence-corrected chi connectivity index (χ0v) is 14.0. The zero-order valence-electron chi connectivity index (χ0n) is 14.0. The predicted molar refractivity (Wildman–Crippen MR) is 89.8 cm³/mol. The van der Waals surface area contributed by atoms with Crippen molar-refractivity contribution in [1.29, 1.82) is 0 Å². The van der Waals surface area contributed by atoms with Crippen LogP contribution in [0.5, 0.6) is 0 Å². The maximum atomic E-state index is 14.9. The third-order valence-electron chi connectivity index (χ3n) is 4.37. The lowest BCUT2D eigenvalue weighted by Gasteiger charge is -2.16. The summed E-state index contributed by atoms with van der Waals surface area (Å²) in [6.07, 6.45) is 1.53. The van der Waals surface area contributed by atoms with Gasteiger partial charge in [-0.05, 0) is 44.5 Å². The Hall–Kier alpha value is -2.76. The van der Waals surface area contributed by atoms with E-state index in [1.54, 1.807) is 39.0 Å². The number of amides is 2. The number of aryl methyl sites for hydroxylation is 1. The summed E-state index contributed by atoms with van der Waals surface area (Å²) in [6.45, 7) is 5.29. The molecule has 0 unspecified atom stereocenters. The van der Waals surface area contributed by atoms with Crippen molar-refractivity contribution in [3.8, 4) is 0 Å². The maximum Gasteiger partial charge on any atom is 0.255 e. The van der Waals surface area contributed by atoms with Crippen LogP contribution < -0.4 is 10.2 Å². The van der Waals surface area contributed by atoms with Crippen LogP contribution in [0.3, 0.4) is 0 Å². The van der Waals surface area contributed by atoms with Crippen LogP contribution in [-0.4, -0.2) is 23.8 Å². The van der Waals surface area contributed by atoms with Gasteiger partial charge in [-0.1, -0.05) is 6.07 Å². The maximum absolute atomic E-state index is 14.9. The fourth-order valence-electron chi connectivity index (χ4n) is 3.01. The highest BCUT2D eigenvalue weighted by Gasteiger charge is 2.44. The summed E-state index contributed by atoms with van der Waals surface area (Å²) in [7, 11) is 1.54. The van der Waals surface area contributed by atoms with Crippen LogP contribution in [0.2, 0.25) is 0 Å². The molecule has 1 aromatic heterocycles. The van der Waals surface area contributed by atoms with E-state index in [4.69, 9.17) is 0 Å². The lowest BCUT2D eigenvalue weighted by atomic mass is 9.86. The van der Waals surface area contributed by atoms with Crippen molar-refractivity contribution in [3.63, 3.8) is 0 Å². The Balaban J connectivity index is 1.98. The van der Waals surface area contributed by atoms with E-state index < -0.39 is 17.1 Å². The Morgan fingerprint density at radius 2 is 2.00 bits per heavy atom. The molecule has 0 aliphatic carbocycles. The van der Waals surface area contributed by atoms with Crippen LogP contribution in [0, 0.1) is 12.7 Å². The highest BCUT2D eigenvalue weighted by atomic mass is 19.1. The van der Waals surface area contributed by atoms with Gasteiger partial charge in [0, 0.05) is 24.5 Å². The Bertz CT molecular complexity index is 861. The molecule has 0 spiro atoms. The molecule has 0 radical (unpaired) electrons. The zero-order chi connectivity index (χ0) is 17.6. The molecule has 1 aliphatic rings. The minimum atomic E-state index is -0.782. The van der Waals surface area contributed by atoms with Gasteiger partial charge in [-0.25, -0.2) is 4.39 Å². The van der Waals surface area contributed by atoms with Crippen LogP contribution in [0.1, 0.15) is 35.5 Å². The number of hydrogen-bond acceptors (Lipinski definition) is 3. The molecule has 3 rings (SSSR count). The summed E-state index contributed by atoms with van der Waals surface area (Å²) < 4.78 is 14.9. The van der Waals surface area contributed by atoms with Crippen LogP contribution in [0.4, 0.5) is 15.8 Å². The van der Waals surface area contributed by atoms with Gasteiger partial charge in [-0.3, -0.25) is 14.6 Å². The Morgan fingerprint density at radius 3 is 2.67 bits per heavy atom. The monoisotopic (exact) mass is 327 g/mol. The second-order valence-electron chi connectivity index (χ2n) is 6.45. The van der Waals surface area contributed by atoms with E-state index in [0.717, 1.165) is 0 Å². The molecule has 1 aromatic carbocycles. The van der Waals surface area contributed by atoms with E-state index in [0.29, 0.717) is 16.8 Å². The van der Waals surface area contributed by atoms with E-state index in [1.165, 1.54) is 24.2 Å². The van der Waals surface area contributed by atoms with Crippen molar-refractivity contribution in [1.82, 2.24) is 4.98 Å². The normalized spacial score (nSPS) is 15.4. The summed E-state index contributed by atoms with van der Waals surface area (Å²) in [5.74, 6) is -1.21. The van der Waals surface area contributed by atoms with Crippen molar-refractivity contribution in [3.05, 3.63) is 53.1 Å². The van der Waals surface area contributed by atoms with Gasteiger partial charge in [-0.2, -0.15) is 0 Å². The molecule has 24 heavy (non-hydrogen) atoms. The third kappa shape index (κ3) is 2.35. The number of anilines is 2. The van der Waals surface area contributed by atoms with Crippen molar-refractivity contribution in [2.75, 3.05) is 17.3 Å². The summed E-state index contributed by atoms with van der Waals surface area (Å²) >= 11 is 0. The molecule has 0 fully saturated rings. The first-order valence-electron chi connectivity index (χ1n) is 7.58. The van der Waals surface area contributed by atoms with Crippen molar-refractivity contribution in [2.24, 2.45) is 0 Å². The quantitative estimate of drug-likeness (QED) is 0.922. The first-order valence-corrected chi connectivity index (χ1v) is 7.58. The number of nitrogens with one attached hydrogen (secondary N) is 1. The lowest BCUT2D eigenvalue weighted by Crippen LogP contribution is -2.33. The number of nitrogens with zero attached hydrogens (tertiary/aromatic N) is 2. The predicted octanol–water partition coefficient (Wildman–Crippen LogP) is 3.04. The number of aromatic nitrogens is 1. The molecular formula is C18H18FN3O2.